The number of hydrogen-bond acceptors (Lipinski definition) is 7. The molecular formula is C10H8N4O4S. The Hall–Kier alpha value is -2.68. The highest BCUT2D eigenvalue weighted by atomic mass is 32.1. The van der Waals surface area contributed by atoms with Crippen molar-refractivity contribution >= 4 is 33.8 Å². The largest absolute Gasteiger partial charge is 0.505 e. The first kappa shape index (κ1) is 12.8. The summed E-state index contributed by atoms with van der Waals surface area (Å²) in [5, 5.41) is 24.3. The lowest BCUT2D eigenvalue weighted by Crippen LogP contribution is -2.13. The molecule has 0 unspecified atom stereocenters. The summed E-state index contributed by atoms with van der Waals surface area (Å²) in [6.07, 6.45) is 0. The summed E-state index contributed by atoms with van der Waals surface area (Å²) in [6.45, 7) is 0. The van der Waals surface area contributed by atoms with Crippen LogP contribution >= 0.6 is 11.3 Å². The van der Waals surface area contributed by atoms with Crippen molar-refractivity contribution in [3.63, 3.8) is 0 Å². The molecule has 19 heavy (non-hydrogen) atoms. The summed E-state index contributed by atoms with van der Waals surface area (Å²) >= 11 is 1.07. The molecule has 4 N–H and O–H groups in total. The van der Waals surface area contributed by atoms with E-state index in [-0.39, 0.29) is 16.5 Å². The maximum absolute atomic E-state index is 11.8. The molecule has 0 aliphatic rings. The van der Waals surface area contributed by atoms with Gasteiger partial charge >= 0.3 is 0 Å². The molecule has 0 saturated heterocycles. The van der Waals surface area contributed by atoms with Gasteiger partial charge in [-0.15, -0.1) is 11.3 Å². The van der Waals surface area contributed by atoms with Crippen LogP contribution in [0.15, 0.2) is 23.6 Å². The molecule has 0 fully saturated rings. The van der Waals surface area contributed by atoms with Crippen LogP contribution in [0.4, 0.5) is 16.5 Å². The zero-order valence-electron chi connectivity index (χ0n) is 9.36. The van der Waals surface area contributed by atoms with Crippen LogP contribution in [0.2, 0.25) is 0 Å². The number of para-hydroxylation sites is 1. The van der Waals surface area contributed by atoms with Crippen molar-refractivity contribution in [2.24, 2.45) is 0 Å². The summed E-state index contributed by atoms with van der Waals surface area (Å²) in [6, 6.07) is 3.71. The molecule has 2 aromatic rings. The van der Waals surface area contributed by atoms with Crippen molar-refractivity contribution in [1.29, 1.82) is 0 Å². The summed E-state index contributed by atoms with van der Waals surface area (Å²) in [4.78, 5) is 25.6. The highest BCUT2D eigenvalue weighted by molar-refractivity contribution is 7.13. The molecule has 98 valence electrons. The van der Waals surface area contributed by atoms with Crippen LogP contribution in [-0.2, 0) is 0 Å². The lowest BCUT2D eigenvalue weighted by atomic mass is 10.2. The number of benzene rings is 1. The van der Waals surface area contributed by atoms with E-state index in [1.165, 1.54) is 23.6 Å². The van der Waals surface area contributed by atoms with Gasteiger partial charge in [0, 0.05) is 11.4 Å². The second-order valence-corrected chi connectivity index (χ2v) is 4.34. The van der Waals surface area contributed by atoms with E-state index in [1.807, 2.05) is 0 Å². The van der Waals surface area contributed by atoms with E-state index in [1.54, 1.807) is 0 Å². The number of nitrogens with two attached hydrogens (primary N) is 1. The maximum Gasteiger partial charge on any atom is 0.296 e. The van der Waals surface area contributed by atoms with Gasteiger partial charge in [0.05, 0.1) is 4.92 Å². The van der Waals surface area contributed by atoms with Gasteiger partial charge in [0.1, 0.15) is 11.4 Å². The van der Waals surface area contributed by atoms with E-state index in [4.69, 9.17) is 5.73 Å². The van der Waals surface area contributed by atoms with Crippen molar-refractivity contribution in [1.82, 2.24) is 4.98 Å². The van der Waals surface area contributed by atoms with Crippen molar-refractivity contribution in [2.45, 2.75) is 0 Å². The van der Waals surface area contributed by atoms with Crippen LogP contribution in [-0.4, -0.2) is 20.9 Å². The Balaban J connectivity index is 2.33. The van der Waals surface area contributed by atoms with Gasteiger partial charge in [-0.1, -0.05) is 6.07 Å². The second-order valence-electron chi connectivity index (χ2n) is 3.45. The lowest BCUT2D eigenvalue weighted by molar-refractivity contribution is -0.384. The Morgan fingerprint density at radius 2 is 2.26 bits per heavy atom. The Labute approximate surface area is 110 Å². The van der Waals surface area contributed by atoms with E-state index < -0.39 is 22.3 Å². The minimum absolute atomic E-state index is 0.0278. The molecule has 1 amide bonds. The minimum atomic E-state index is -0.704. The molecule has 0 atom stereocenters. The number of nitro groups is 1. The Kier molecular flexibility index (Phi) is 3.29. The average molecular weight is 280 g/mol. The topological polar surface area (TPSA) is 131 Å². The number of rotatable bonds is 3. The van der Waals surface area contributed by atoms with E-state index in [0.29, 0.717) is 0 Å². The summed E-state index contributed by atoms with van der Waals surface area (Å²) in [7, 11) is 0. The van der Waals surface area contributed by atoms with Crippen molar-refractivity contribution < 1.29 is 14.8 Å². The number of anilines is 2. The molecule has 2 rings (SSSR count). The fourth-order valence-electron chi connectivity index (χ4n) is 1.38. The van der Waals surface area contributed by atoms with Gasteiger partial charge in [0.25, 0.3) is 11.6 Å². The summed E-state index contributed by atoms with van der Waals surface area (Å²) < 4.78 is 0. The van der Waals surface area contributed by atoms with Crippen LogP contribution < -0.4 is 11.1 Å². The van der Waals surface area contributed by atoms with E-state index in [0.717, 1.165) is 11.3 Å². The molecule has 0 bridgehead atoms. The number of phenolic OH excluding ortho intramolecular Hbond substituents is 1. The molecule has 0 spiro atoms. The van der Waals surface area contributed by atoms with Gasteiger partial charge in [-0.25, -0.2) is 4.98 Å². The zero-order valence-corrected chi connectivity index (χ0v) is 10.2. The van der Waals surface area contributed by atoms with Crippen LogP contribution in [0, 0.1) is 10.1 Å². The zero-order chi connectivity index (χ0) is 14.0. The third-order valence-corrected chi connectivity index (χ3v) is 2.88. The Morgan fingerprint density at radius 3 is 2.84 bits per heavy atom. The molecule has 8 nitrogen and oxygen atoms in total. The highest BCUT2D eigenvalue weighted by Crippen LogP contribution is 2.33. The average Bonchev–Trinajstić information content (AvgIpc) is 2.78. The van der Waals surface area contributed by atoms with E-state index >= 15 is 0 Å². The van der Waals surface area contributed by atoms with Gasteiger partial charge in [0.2, 0.25) is 0 Å². The summed E-state index contributed by atoms with van der Waals surface area (Å²) in [5.74, 6) is -1.08. The Morgan fingerprint density at radius 1 is 1.53 bits per heavy atom. The second kappa shape index (κ2) is 4.90. The van der Waals surface area contributed by atoms with Crippen LogP contribution in [0.25, 0.3) is 0 Å². The van der Waals surface area contributed by atoms with Gasteiger partial charge in [-0.3, -0.25) is 14.9 Å². The SMILES string of the molecule is Nc1nc(C(=O)Nc2c(O)cccc2[N+](=O)[O-])cs1. The summed E-state index contributed by atoms with van der Waals surface area (Å²) in [5.41, 5.74) is 4.74. The molecule has 0 saturated carbocycles. The predicted molar refractivity (Wildman–Crippen MR) is 69.2 cm³/mol. The third kappa shape index (κ3) is 2.60. The lowest BCUT2D eigenvalue weighted by Gasteiger charge is -2.06. The number of hydrogen-bond donors (Lipinski definition) is 3. The third-order valence-electron chi connectivity index (χ3n) is 2.21. The van der Waals surface area contributed by atoms with Crippen LogP contribution in [0.3, 0.4) is 0 Å². The molecule has 1 heterocycles. The van der Waals surface area contributed by atoms with E-state index in [2.05, 4.69) is 10.3 Å². The molecule has 9 heteroatoms. The normalized spacial score (nSPS) is 10.1. The number of carbonyl (C=O) groups is 1. The molecule has 1 aromatic carbocycles. The number of thiazole rings is 1. The highest BCUT2D eigenvalue weighted by Gasteiger charge is 2.21. The van der Waals surface area contributed by atoms with Gasteiger partial charge in [-0.05, 0) is 6.07 Å². The number of aromatic hydroxyl groups is 1. The van der Waals surface area contributed by atoms with Crippen LogP contribution in [0.5, 0.6) is 5.75 Å². The Bertz CT molecular complexity index is 655. The van der Waals surface area contributed by atoms with E-state index in [9.17, 15) is 20.0 Å². The standard InChI is InChI=1S/C10H8N4O4S/c11-10-12-5(4-19-10)9(16)13-8-6(14(17)18)2-1-3-7(8)15/h1-4,15H,(H2,11,12)(H,13,16). The number of amides is 1. The quantitative estimate of drug-likeness (QED) is 0.444. The number of aromatic nitrogens is 1. The van der Waals surface area contributed by atoms with Gasteiger partial charge in [-0.2, -0.15) is 0 Å². The number of nitrogens with zero attached hydrogens (tertiary/aromatic N) is 2. The molecule has 0 aliphatic heterocycles. The van der Waals surface area contributed by atoms with Crippen molar-refractivity contribution in [3.8, 4) is 5.75 Å². The van der Waals surface area contributed by atoms with Gasteiger partial charge < -0.3 is 16.2 Å². The van der Waals surface area contributed by atoms with Gasteiger partial charge in [0.15, 0.2) is 10.8 Å². The first-order chi connectivity index (χ1) is 8.99. The fourth-order valence-corrected chi connectivity index (χ4v) is 1.92. The molecule has 0 radical (unpaired) electrons. The predicted octanol–water partition coefficient (Wildman–Crippen LogP) is 1.59. The molecular weight excluding hydrogens is 272 g/mol. The van der Waals surface area contributed by atoms with Crippen LogP contribution in [0.1, 0.15) is 10.5 Å². The number of nitrogens with one attached hydrogen (secondary N) is 1. The molecule has 1 aromatic heterocycles. The minimum Gasteiger partial charge on any atom is -0.505 e. The number of carbonyl (C=O) groups excluding carboxylic acids is 1. The number of phenols is 1. The fraction of sp³-hybridized carbons (Fsp3) is 0. The van der Waals surface area contributed by atoms with Crippen molar-refractivity contribution in [2.75, 3.05) is 11.1 Å². The molecule has 0 aliphatic carbocycles. The first-order valence-electron chi connectivity index (χ1n) is 4.97. The monoisotopic (exact) mass is 280 g/mol. The number of nitrogen functional groups attached to an aromatic ring is 1. The first-order valence-corrected chi connectivity index (χ1v) is 5.85. The maximum atomic E-state index is 11.8. The van der Waals surface area contributed by atoms with Crippen molar-refractivity contribution in [3.05, 3.63) is 39.4 Å². The smallest absolute Gasteiger partial charge is 0.296 e. The number of nitro benzene ring substituents is 1.